The van der Waals surface area contributed by atoms with Crippen LogP contribution in [-0.2, 0) is 11.8 Å². The van der Waals surface area contributed by atoms with E-state index in [1.165, 1.54) is 11.1 Å². The highest BCUT2D eigenvalue weighted by Gasteiger charge is 2.44. The highest BCUT2D eigenvalue weighted by atomic mass is 14.5. The topological polar surface area (TPSA) is 49.8 Å². The van der Waals surface area contributed by atoms with Crippen LogP contribution in [0.2, 0.25) is 0 Å². The molecule has 0 radical (unpaired) electrons. The summed E-state index contributed by atoms with van der Waals surface area (Å²) in [6, 6.07) is 10.7. The van der Waals surface area contributed by atoms with E-state index >= 15 is 0 Å². The van der Waals surface area contributed by atoms with Gasteiger partial charge in [-0.25, -0.2) is 0 Å². The van der Waals surface area contributed by atoms with Gasteiger partial charge in [-0.05, 0) is 36.9 Å². The zero-order valence-corrected chi connectivity index (χ0v) is 8.16. The Morgan fingerprint density at radius 2 is 1.93 bits per heavy atom. The highest BCUT2D eigenvalue weighted by Crippen LogP contribution is 2.47. The van der Waals surface area contributed by atoms with E-state index in [-0.39, 0.29) is 5.41 Å². The van der Waals surface area contributed by atoms with Crippen LogP contribution in [0.5, 0.6) is 0 Å². The second-order valence-corrected chi connectivity index (χ2v) is 3.93. The third kappa shape index (κ3) is 1.51. The van der Waals surface area contributed by atoms with Crippen LogP contribution in [0.3, 0.4) is 0 Å². The Kier molecular flexibility index (Phi) is 2.26. The van der Waals surface area contributed by atoms with Crippen LogP contribution in [0.15, 0.2) is 24.3 Å². The fraction of sp³-hybridized carbons (Fsp3) is 0.417. The highest BCUT2D eigenvalue weighted by molar-refractivity contribution is 5.39. The summed E-state index contributed by atoms with van der Waals surface area (Å²) in [5, 5.41) is 9.01. The van der Waals surface area contributed by atoms with Gasteiger partial charge in [-0.15, -0.1) is 0 Å². The molecule has 2 rings (SSSR count). The van der Waals surface area contributed by atoms with Crippen molar-refractivity contribution in [2.45, 2.75) is 24.7 Å². The molecule has 0 amide bonds. The first kappa shape index (κ1) is 9.23. The molecule has 0 atom stereocenters. The lowest BCUT2D eigenvalue weighted by atomic mass is 9.96. The summed E-state index contributed by atoms with van der Waals surface area (Å²) in [4.78, 5) is 0. The Hall–Kier alpha value is -1.33. The minimum atomic E-state index is -0.152. The summed E-state index contributed by atoms with van der Waals surface area (Å²) in [6.07, 6.45) is 2.94. The molecule has 2 heteroatoms. The molecular weight excluding hydrogens is 172 g/mol. The second kappa shape index (κ2) is 3.43. The van der Waals surface area contributed by atoms with Gasteiger partial charge in [-0.1, -0.05) is 24.3 Å². The molecule has 0 saturated heterocycles. The first-order valence-electron chi connectivity index (χ1n) is 5.01. The monoisotopic (exact) mass is 186 g/mol. The minimum Gasteiger partial charge on any atom is -0.330 e. The molecule has 1 aliphatic carbocycles. The maximum Gasteiger partial charge on any atom is 0.0823 e. The Morgan fingerprint density at radius 3 is 2.36 bits per heavy atom. The molecule has 0 aliphatic heterocycles. The van der Waals surface area contributed by atoms with E-state index in [0.29, 0.717) is 6.54 Å². The zero-order chi connectivity index (χ0) is 10.0. The maximum absolute atomic E-state index is 9.01. The molecule has 0 heterocycles. The molecule has 1 saturated carbocycles. The van der Waals surface area contributed by atoms with Crippen LogP contribution in [0.1, 0.15) is 24.0 Å². The van der Waals surface area contributed by atoms with E-state index in [9.17, 15) is 0 Å². The van der Waals surface area contributed by atoms with Crippen LogP contribution < -0.4 is 5.73 Å². The second-order valence-electron chi connectivity index (χ2n) is 3.93. The molecule has 1 fully saturated rings. The van der Waals surface area contributed by atoms with Crippen LogP contribution in [0.4, 0.5) is 0 Å². The lowest BCUT2D eigenvalue weighted by Gasteiger charge is -2.06. The molecular formula is C12H14N2. The van der Waals surface area contributed by atoms with Gasteiger partial charge in [0.25, 0.3) is 0 Å². The first-order valence-corrected chi connectivity index (χ1v) is 5.01. The largest absolute Gasteiger partial charge is 0.330 e. The molecule has 72 valence electrons. The standard InChI is InChI=1S/C12H14N2/c13-8-5-10-1-3-11(4-2-10)12(9-14)6-7-12/h1-4H,5-8,13H2. The van der Waals surface area contributed by atoms with Gasteiger partial charge in [0.15, 0.2) is 0 Å². The average molecular weight is 186 g/mol. The molecule has 0 bridgehead atoms. The predicted octanol–water partition coefficient (Wildman–Crippen LogP) is 1.74. The third-order valence-corrected chi connectivity index (χ3v) is 2.90. The number of hydrogen-bond donors (Lipinski definition) is 1. The van der Waals surface area contributed by atoms with Crippen molar-refractivity contribution >= 4 is 0 Å². The summed E-state index contributed by atoms with van der Waals surface area (Å²) < 4.78 is 0. The minimum absolute atomic E-state index is 0.152. The van der Waals surface area contributed by atoms with Gasteiger partial charge in [0, 0.05) is 0 Å². The quantitative estimate of drug-likeness (QED) is 0.781. The Balaban J connectivity index is 2.19. The van der Waals surface area contributed by atoms with Crippen molar-refractivity contribution < 1.29 is 0 Å². The fourth-order valence-electron chi connectivity index (χ4n) is 1.75. The lowest BCUT2D eigenvalue weighted by Crippen LogP contribution is -2.05. The van der Waals surface area contributed by atoms with Gasteiger partial charge >= 0.3 is 0 Å². The SMILES string of the molecule is N#CC1(c2ccc(CCN)cc2)CC1. The number of hydrogen-bond acceptors (Lipinski definition) is 2. The summed E-state index contributed by atoms with van der Waals surface area (Å²) >= 11 is 0. The molecule has 2 nitrogen and oxygen atoms in total. The van der Waals surface area contributed by atoms with Crippen molar-refractivity contribution in [1.82, 2.24) is 0 Å². The summed E-state index contributed by atoms with van der Waals surface area (Å²) in [5.41, 5.74) is 7.74. The van der Waals surface area contributed by atoms with Crippen molar-refractivity contribution in [2.24, 2.45) is 5.73 Å². The number of nitrogens with two attached hydrogens (primary N) is 1. The summed E-state index contributed by atoms with van der Waals surface area (Å²) in [7, 11) is 0. The molecule has 2 N–H and O–H groups in total. The van der Waals surface area contributed by atoms with Gasteiger partial charge in [0.2, 0.25) is 0 Å². The molecule has 14 heavy (non-hydrogen) atoms. The van der Waals surface area contributed by atoms with Gasteiger partial charge in [0.05, 0.1) is 11.5 Å². The molecule has 1 aromatic rings. The first-order chi connectivity index (χ1) is 6.80. The van der Waals surface area contributed by atoms with E-state index in [1.54, 1.807) is 0 Å². The van der Waals surface area contributed by atoms with Gasteiger partial charge < -0.3 is 5.73 Å². The van der Waals surface area contributed by atoms with Crippen LogP contribution in [0, 0.1) is 11.3 Å². The van der Waals surface area contributed by atoms with E-state index in [0.717, 1.165) is 19.3 Å². The zero-order valence-electron chi connectivity index (χ0n) is 8.16. The van der Waals surface area contributed by atoms with Crippen molar-refractivity contribution in [1.29, 1.82) is 5.26 Å². The van der Waals surface area contributed by atoms with Crippen molar-refractivity contribution in [3.8, 4) is 6.07 Å². The summed E-state index contributed by atoms with van der Waals surface area (Å²) in [6.45, 7) is 0.683. The van der Waals surface area contributed by atoms with Crippen LogP contribution in [-0.4, -0.2) is 6.54 Å². The summed E-state index contributed by atoms with van der Waals surface area (Å²) in [5.74, 6) is 0. The Bertz CT molecular complexity index is 355. The van der Waals surface area contributed by atoms with Crippen molar-refractivity contribution in [2.75, 3.05) is 6.54 Å². The normalized spacial score (nSPS) is 17.4. The van der Waals surface area contributed by atoms with Crippen LogP contribution >= 0.6 is 0 Å². The molecule has 1 aromatic carbocycles. The number of nitriles is 1. The van der Waals surface area contributed by atoms with Crippen molar-refractivity contribution in [3.05, 3.63) is 35.4 Å². The number of nitrogens with zero attached hydrogens (tertiary/aromatic N) is 1. The maximum atomic E-state index is 9.01. The van der Waals surface area contributed by atoms with Crippen LogP contribution in [0.25, 0.3) is 0 Å². The van der Waals surface area contributed by atoms with Gasteiger partial charge in [-0.3, -0.25) is 0 Å². The van der Waals surface area contributed by atoms with Gasteiger partial charge in [-0.2, -0.15) is 5.26 Å². The lowest BCUT2D eigenvalue weighted by molar-refractivity contribution is 0.901. The molecule has 1 aliphatic rings. The predicted molar refractivity (Wildman–Crippen MR) is 55.7 cm³/mol. The van der Waals surface area contributed by atoms with Crippen molar-refractivity contribution in [3.63, 3.8) is 0 Å². The van der Waals surface area contributed by atoms with Gasteiger partial charge in [0.1, 0.15) is 0 Å². The van der Waals surface area contributed by atoms with E-state index in [2.05, 4.69) is 30.3 Å². The van der Waals surface area contributed by atoms with E-state index in [4.69, 9.17) is 11.0 Å². The molecule has 0 unspecified atom stereocenters. The number of benzene rings is 1. The smallest absolute Gasteiger partial charge is 0.0823 e. The van der Waals surface area contributed by atoms with E-state index in [1.807, 2.05) is 0 Å². The average Bonchev–Trinajstić information content (AvgIpc) is 3.00. The fourth-order valence-corrected chi connectivity index (χ4v) is 1.75. The molecule has 0 aromatic heterocycles. The van der Waals surface area contributed by atoms with E-state index < -0.39 is 0 Å². The Morgan fingerprint density at radius 1 is 1.29 bits per heavy atom. The third-order valence-electron chi connectivity index (χ3n) is 2.90. The molecule has 0 spiro atoms. The number of rotatable bonds is 3. The Labute approximate surface area is 84.3 Å².